The van der Waals surface area contributed by atoms with Crippen molar-refractivity contribution in [3.63, 3.8) is 0 Å². The summed E-state index contributed by atoms with van der Waals surface area (Å²) in [5.74, 6) is -1.02. The normalized spacial score (nSPS) is 29.2. The van der Waals surface area contributed by atoms with Crippen molar-refractivity contribution in [1.29, 1.82) is 0 Å². The summed E-state index contributed by atoms with van der Waals surface area (Å²) in [6.45, 7) is 6.13. The van der Waals surface area contributed by atoms with Gasteiger partial charge in [0.1, 0.15) is 11.4 Å². The van der Waals surface area contributed by atoms with E-state index in [0.717, 1.165) is 22.8 Å². The number of hydrogen-bond acceptors (Lipinski definition) is 6. The van der Waals surface area contributed by atoms with Crippen LogP contribution < -0.4 is 4.74 Å². The Morgan fingerprint density at radius 3 is 2.55 bits per heavy atom. The zero-order valence-corrected chi connectivity index (χ0v) is 18.4. The van der Waals surface area contributed by atoms with Crippen molar-refractivity contribution >= 4 is 28.5 Å². The number of carbonyl (C=O) groups excluding carboxylic acids is 3. The molecule has 0 aromatic heterocycles. The van der Waals surface area contributed by atoms with Crippen LogP contribution in [0.15, 0.2) is 30.3 Å². The average Bonchev–Trinajstić information content (AvgIpc) is 2.92. The van der Waals surface area contributed by atoms with E-state index >= 15 is 0 Å². The van der Waals surface area contributed by atoms with Gasteiger partial charge in [0, 0.05) is 19.3 Å². The van der Waals surface area contributed by atoms with E-state index in [0.29, 0.717) is 18.6 Å². The van der Waals surface area contributed by atoms with E-state index in [-0.39, 0.29) is 17.8 Å². The molecule has 1 fully saturated rings. The van der Waals surface area contributed by atoms with Crippen LogP contribution in [-0.2, 0) is 25.5 Å². The molecule has 2 aliphatic carbocycles. The predicted molar refractivity (Wildman–Crippen MR) is 115 cm³/mol. The van der Waals surface area contributed by atoms with Crippen LogP contribution in [0.5, 0.6) is 5.75 Å². The molecule has 1 N–H and O–H groups in total. The topological polar surface area (TPSA) is 89.9 Å². The summed E-state index contributed by atoms with van der Waals surface area (Å²) in [7, 11) is 0. The van der Waals surface area contributed by atoms with E-state index in [2.05, 4.69) is 6.07 Å². The van der Waals surface area contributed by atoms with Gasteiger partial charge in [0.2, 0.25) is 5.78 Å². The number of ketones is 1. The molecule has 6 nitrogen and oxygen atoms in total. The third-order valence-electron chi connectivity index (χ3n) is 7.44. The first-order valence-electron chi connectivity index (χ1n) is 10.7. The molecule has 2 aliphatic rings. The van der Waals surface area contributed by atoms with Gasteiger partial charge in [0.15, 0.2) is 6.61 Å². The number of Topliss-reactive ketones (excluding diaryl/α,β-unsaturated/α-hetero) is 1. The fourth-order valence-corrected chi connectivity index (χ4v) is 5.93. The van der Waals surface area contributed by atoms with Crippen molar-refractivity contribution in [3.8, 4) is 5.75 Å². The number of hydrogen-bond donors (Lipinski definition) is 1. The van der Waals surface area contributed by atoms with Crippen LogP contribution in [0.3, 0.4) is 0 Å². The van der Waals surface area contributed by atoms with Gasteiger partial charge in [-0.2, -0.15) is 0 Å². The quantitative estimate of drug-likeness (QED) is 0.595. The number of ether oxygens (including phenoxy) is 2. The Bertz CT molecular complexity index is 1090. The zero-order chi connectivity index (χ0) is 22.6. The van der Waals surface area contributed by atoms with Crippen LogP contribution in [0.2, 0.25) is 0 Å². The highest BCUT2D eigenvalue weighted by molar-refractivity contribution is 5.92. The third-order valence-corrected chi connectivity index (χ3v) is 7.44. The number of rotatable bonds is 4. The van der Waals surface area contributed by atoms with Crippen LogP contribution in [0.1, 0.15) is 57.6 Å². The molecule has 164 valence electrons. The fourth-order valence-electron chi connectivity index (χ4n) is 5.93. The molecule has 2 aromatic carbocycles. The number of aryl methyl sites for hydroxylation is 1. The fraction of sp³-hybridized carbons (Fsp3) is 0.480. The summed E-state index contributed by atoms with van der Waals surface area (Å²) in [4.78, 5) is 35.5. The molecule has 4 atom stereocenters. The second kappa shape index (κ2) is 7.45. The molecule has 0 aliphatic heterocycles. The van der Waals surface area contributed by atoms with Crippen molar-refractivity contribution in [3.05, 3.63) is 41.5 Å². The molecule has 0 unspecified atom stereocenters. The highest BCUT2D eigenvalue weighted by Crippen LogP contribution is 2.63. The molecule has 0 saturated heterocycles. The second-order valence-corrected chi connectivity index (χ2v) is 9.19. The number of aliphatic hydroxyl groups is 1. The van der Waals surface area contributed by atoms with Crippen molar-refractivity contribution in [2.75, 3.05) is 6.61 Å². The molecule has 0 bridgehead atoms. The lowest BCUT2D eigenvalue weighted by atomic mass is 9.59. The summed E-state index contributed by atoms with van der Waals surface area (Å²) in [5.41, 5.74) is 0.198. The van der Waals surface area contributed by atoms with Gasteiger partial charge < -0.3 is 14.6 Å². The van der Waals surface area contributed by atoms with E-state index in [1.54, 1.807) is 6.07 Å². The highest BCUT2D eigenvalue weighted by atomic mass is 16.5. The van der Waals surface area contributed by atoms with Gasteiger partial charge in [-0.25, -0.2) is 0 Å². The van der Waals surface area contributed by atoms with Crippen molar-refractivity contribution in [2.24, 2.45) is 11.3 Å². The van der Waals surface area contributed by atoms with Gasteiger partial charge in [-0.15, -0.1) is 0 Å². The van der Waals surface area contributed by atoms with E-state index < -0.39 is 29.4 Å². The van der Waals surface area contributed by atoms with E-state index in [1.165, 1.54) is 19.4 Å². The van der Waals surface area contributed by atoms with Crippen LogP contribution in [0.4, 0.5) is 0 Å². The lowest BCUT2D eigenvalue weighted by molar-refractivity contribution is -0.165. The molecule has 4 rings (SSSR count). The Morgan fingerprint density at radius 1 is 1.13 bits per heavy atom. The van der Waals surface area contributed by atoms with E-state index in [1.807, 2.05) is 32.0 Å². The predicted octanol–water partition coefficient (Wildman–Crippen LogP) is 3.70. The molecule has 0 amide bonds. The summed E-state index contributed by atoms with van der Waals surface area (Å²) in [6, 6.07) is 9.72. The monoisotopic (exact) mass is 424 g/mol. The number of esters is 2. The smallest absolute Gasteiger partial charge is 0.308 e. The van der Waals surface area contributed by atoms with E-state index in [4.69, 9.17) is 9.47 Å². The third kappa shape index (κ3) is 3.24. The lowest BCUT2D eigenvalue weighted by Crippen LogP contribution is -2.56. The molecule has 0 radical (unpaired) electrons. The minimum absolute atomic E-state index is 0.0232. The molecule has 2 aromatic rings. The standard InChI is InChI=1S/C25H28O6/c1-14-11-22-21-7-5-17-12-18(31-16(3)27)6-8-19(17)20(21)9-10-24(22,4)25(14,29)23(28)13-30-15(2)26/h5-8,12,14,22,29H,9-11,13H2,1-4H3/t14-,22+,24+,25+/m1/s1. The van der Waals surface area contributed by atoms with Gasteiger partial charge in [-0.3, -0.25) is 14.4 Å². The molecule has 31 heavy (non-hydrogen) atoms. The summed E-state index contributed by atoms with van der Waals surface area (Å²) >= 11 is 0. The largest absolute Gasteiger partial charge is 0.458 e. The first kappa shape index (κ1) is 21.5. The van der Waals surface area contributed by atoms with Gasteiger partial charge >= 0.3 is 11.9 Å². The van der Waals surface area contributed by atoms with E-state index in [9.17, 15) is 19.5 Å². The summed E-state index contributed by atoms with van der Waals surface area (Å²) < 4.78 is 10.1. The van der Waals surface area contributed by atoms with Crippen molar-refractivity contribution in [1.82, 2.24) is 0 Å². The maximum Gasteiger partial charge on any atom is 0.308 e. The zero-order valence-electron chi connectivity index (χ0n) is 18.4. The Balaban J connectivity index is 1.73. The number of fused-ring (bicyclic) bond motifs is 5. The van der Waals surface area contributed by atoms with Crippen LogP contribution >= 0.6 is 0 Å². The van der Waals surface area contributed by atoms with Crippen LogP contribution in [0, 0.1) is 11.3 Å². The van der Waals surface area contributed by atoms with Gasteiger partial charge in [0.05, 0.1) is 0 Å². The maximum atomic E-state index is 13.0. The molecule has 0 spiro atoms. The molecule has 6 heteroatoms. The first-order valence-corrected chi connectivity index (χ1v) is 10.7. The number of benzene rings is 2. The Kier molecular flexibility index (Phi) is 5.16. The average molecular weight is 424 g/mol. The minimum atomic E-state index is -1.54. The Labute approximate surface area is 181 Å². The highest BCUT2D eigenvalue weighted by Gasteiger charge is 2.65. The molecular formula is C25H28O6. The summed E-state index contributed by atoms with van der Waals surface area (Å²) in [5, 5.41) is 13.8. The number of carbonyl (C=O) groups is 3. The van der Waals surface area contributed by atoms with Crippen LogP contribution in [0.25, 0.3) is 10.8 Å². The van der Waals surface area contributed by atoms with Gasteiger partial charge in [-0.1, -0.05) is 32.0 Å². The molecule has 0 heterocycles. The Hall–Kier alpha value is -2.73. The van der Waals surface area contributed by atoms with Gasteiger partial charge in [-0.05, 0) is 65.1 Å². The van der Waals surface area contributed by atoms with Crippen molar-refractivity contribution < 1.29 is 29.0 Å². The molecular weight excluding hydrogens is 396 g/mol. The maximum absolute atomic E-state index is 13.0. The molecule has 1 saturated carbocycles. The Morgan fingerprint density at radius 2 is 1.87 bits per heavy atom. The van der Waals surface area contributed by atoms with Crippen molar-refractivity contribution in [2.45, 2.75) is 58.5 Å². The lowest BCUT2D eigenvalue weighted by Gasteiger charge is -2.46. The minimum Gasteiger partial charge on any atom is -0.458 e. The summed E-state index contributed by atoms with van der Waals surface area (Å²) in [6.07, 6.45) is 2.06. The second-order valence-electron chi connectivity index (χ2n) is 9.19. The SMILES string of the molecule is CC(=O)OCC(=O)[C@@]1(O)[C@H](C)C[C@H]2c3ccc4cc(OC(C)=O)ccc4c3CC[C@@]21C. The van der Waals surface area contributed by atoms with Gasteiger partial charge in [0.25, 0.3) is 0 Å². The first-order chi connectivity index (χ1) is 14.6. The van der Waals surface area contributed by atoms with Crippen LogP contribution in [-0.4, -0.2) is 35.0 Å².